The number of rotatable bonds is 6. The van der Waals surface area contributed by atoms with Gasteiger partial charge in [-0.2, -0.15) is 0 Å². The third kappa shape index (κ3) is 4.72. The first-order chi connectivity index (χ1) is 7.36. The third-order valence-electron chi connectivity index (χ3n) is 2.27. The van der Waals surface area contributed by atoms with Crippen LogP contribution in [0, 0.1) is 0 Å². The summed E-state index contributed by atoms with van der Waals surface area (Å²) in [5.74, 6) is 0. The normalized spacial score (nSPS) is 11.4. The minimum atomic E-state index is 0.618. The molecule has 0 saturated carbocycles. The van der Waals surface area contributed by atoms with Crippen LogP contribution in [0.3, 0.4) is 0 Å². The number of nitrogens with zero attached hydrogens (tertiary/aromatic N) is 2. The summed E-state index contributed by atoms with van der Waals surface area (Å²) in [5, 5.41) is 0. The van der Waals surface area contributed by atoms with Gasteiger partial charge in [-0.05, 0) is 24.2 Å². The highest BCUT2D eigenvalue weighted by atomic mass is 15.1. The Kier molecular flexibility index (Phi) is 5.66. The van der Waals surface area contributed by atoms with Gasteiger partial charge in [0.1, 0.15) is 0 Å². The molecule has 0 aliphatic heterocycles. The zero-order valence-corrected chi connectivity index (χ0v) is 9.26. The van der Waals surface area contributed by atoms with Crippen LogP contribution in [0.1, 0.15) is 12.5 Å². The molecule has 1 heterocycles. The van der Waals surface area contributed by atoms with Crippen LogP contribution in [-0.4, -0.2) is 29.5 Å². The van der Waals surface area contributed by atoms with Gasteiger partial charge in [-0.15, -0.1) is 0 Å². The topological polar surface area (TPSA) is 42.1 Å². The monoisotopic (exact) mass is 205 g/mol. The van der Waals surface area contributed by atoms with Crippen LogP contribution in [0.15, 0.2) is 36.7 Å². The van der Waals surface area contributed by atoms with Crippen LogP contribution >= 0.6 is 0 Å². The smallest absolute Gasteiger partial charge is 0.0271 e. The van der Waals surface area contributed by atoms with Crippen LogP contribution in [0.5, 0.6) is 0 Å². The van der Waals surface area contributed by atoms with Crippen molar-refractivity contribution in [3.63, 3.8) is 0 Å². The van der Waals surface area contributed by atoms with Gasteiger partial charge in [0.05, 0.1) is 0 Å². The van der Waals surface area contributed by atoms with Gasteiger partial charge in [-0.25, -0.2) is 0 Å². The average Bonchev–Trinajstić information content (AvgIpc) is 2.29. The van der Waals surface area contributed by atoms with Crippen LogP contribution in [0.4, 0.5) is 0 Å². The van der Waals surface area contributed by atoms with Crippen molar-refractivity contribution in [1.82, 2.24) is 9.88 Å². The molecule has 0 aromatic carbocycles. The maximum Gasteiger partial charge on any atom is 0.0271 e. The molecule has 2 N–H and O–H groups in total. The second kappa shape index (κ2) is 7.15. The molecule has 0 bridgehead atoms. The van der Waals surface area contributed by atoms with E-state index in [9.17, 15) is 0 Å². The van der Waals surface area contributed by atoms with E-state index in [0.29, 0.717) is 6.54 Å². The number of aromatic nitrogens is 1. The third-order valence-corrected chi connectivity index (χ3v) is 2.27. The Balaban J connectivity index is 2.43. The highest BCUT2D eigenvalue weighted by molar-refractivity contribution is 5.09. The van der Waals surface area contributed by atoms with Gasteiger partial charge >= 0.3 is 0 Å². The highest BCUT2D eigenvalue weighted by Gasteiger charge is 2.00. The van der Waals surface area contributed by atoms with Gasteiger partial charge in [0.25, 0.3) is 0 Å². The SMILES string of the molecule is CCN(CC=CCN)Cc1ccncc1. The fourth-order valence-corrected chi connectivity index (χ4v) is 1.37. The summed E-state index contributed by atoms with van der Waals surface area (Å²) >= 11 is 0. The summed E-state index contributed by atoms with van der Waals surface area (Å²) in [6.07, 6.45) is 7.78. The predicted octanol–water partition coefficient (Wildman–Crippen LogP) is 1.42. The standard InChI is InChI=1S/C12H19N3/c1-2-15(10-4-3-7-13)11-12-5-8-14-9-6-12/h3-6,8-9H,2,7,10-11,13H2,1H3. The molecule has 0 saturated heterocycles. The van der Waals surface area contributed by atoms with Crippen LogP contribution in [-0.2, 0) is 6.54 Å². The summed E-state index contributed by atoms with van der Waals surface area (Å²) in [5.41, 5.74) is 6.69. The molecule has 0 radical (unpaired) electrons. The van der Waals surface area contributed by atoms with Crippen LogP contribution in [0.2, 0.25) is 0 Å². The largest absolute Gasteiger partial charge is 0.327 e. The lowest BCUT2D eigenvalue weighted by atomic mass is 10.2. The summed E-state index contributed by atoms with van der Waals surface area (Å²) < 4.78 is 0. The van der Waals surface area contributed by atoms with Crippen molar-refractivity contribution in [2.24, 2.45) is 5.73 Å². The maximum absolute atomic E-state index is 5.40. The molecule has 0 unspecified atom stereocenters. The molecule has 15 heavy (non-hydrogen) atoms. The van der Waals surface area contributed by atoms with Crippen molar-refractivity contribution >= 4 is 0 Å². The van der Waals surface area contributed by atoms with Crippen molar-refractivity contribution in [2.45, 2.75) is 13.5 Å². The molecule has 1 rings (SSSR count). The van der Waals surface area contributed by atoms with E-state index in [1.54, 1.807) is 0 Å². The summed E-state index contributed by atoms with van der Waals surface area (Å²) in [6.45, 7) is 5.74. The summed E-state index contributed by atoms with van der Waals surface area (Å²) in [6, 6.07) is 4.10. The lowest BCUT2D eigenvalue weighted by molar-refractivity contribution is 0.311. The summed E-state index contributed by atoms with van der Waals surface area (Å²) in [4.78, 5) is 6.35. The van der Waals surface area contributed by atoms with Crippen molar-refractivity contribution in [3.05, 3.63) is 42.2 Å². The quantitative estimate of drug-likeness (QED) is 0.714. The zero-order valence-electron chi connectivity index (χ0n) is 9.26. The van der Waals surface area contributed by atoms with Crippen molar-refractivity contribution in [1.29, 1.82) is 0 Å². The van der Waals surface area contributed by atoms with Crippen LogP contribution < -0.4 is 5.73 Å². The molecule has 0 fully saturated rings. The maximum atomic E-state index is 5.40. The Labute approximate surface area is 91.6 Å². The Bertz CT molecular complexity index is 282. The average molecular weight is 205 g/mol. The van der Waals surface area contributed by atoms with E-state index < -0.39 is 0 Å². The molecule has 0 amide bonds. The van der Waals surface area contributed by atoms with E-state index in [4.69, 9.17) is 5.73 Å². The molecule has 1 aromatic heterocycles. The first kappa shape index (κ1) is 11.9. The van der Waals surface area contributed by atoms with Gasteiger partial charge in [0.2, 0.25) is 0 Å². The fourth-order valence-electron chi connectivity index (χ4n) is 1.37. The second-order valence-electron chi connectivity index (χ2n) is 3.39. The molecule has 0 aliphatic rings. The number of hydrogen-bond donors (Lipinski definition) is 1. The first-order valence-corrected chi connectivity index (χ1v) is 5.33. The van der Waals surface area contributed by atoms with Crippen molar-refractivity contribution < 1.29 is 0 Å². The van der Waals surface area contributed by atoms with Gasteiger partial charge in [0, 0.05) is 32.0 Å². The first-order valence-electron chi connectivity index (χ1n) is 5.33. The number of nitrogens with two attached hydrogens (primary N) is 1. The van der Waals surface area contributed by atoms with E-state index in [2.05, 4.69) is 35.0 Å². The molecule has 0 spiro atoms. The molecule has 1 aromatic rings. The van der Waals surface area contributed by atoms with Crippen molar-refractivity contribution in [3.8, 4) is 0 Å². The lowest BCUT2D eigenvalue weighted by Gasteiger charge is -2.18. The van der Waals surface area contributed by atoms with Crippen molar-refractivity contribution in [2.75, 3.05) is 19.6 Å². The minimum Gasteiger partial charge on any atom is -0.327 e. The Morgan fingerprint density at radius 3 is 2.67 bits per heavy atom. The Morgan fingerprint density at radius 1 is 1.33 bits per heavy atom. The van der Waals surface area contributed by atoms with Gasteiger partial charge in [0.15, 0.2) is 0 Å². The number of hydrogen-bond acceptors (Lipinski definition) is 3. The second-order valence-corrected chi connectivity index (χ2v) is 3.39. The summed E-state index contributed by atoms with van der Waals surface area (Å²) in [7, 11) is 0. The zero-order chi connectivity index (χ0) is 10.9. The van der Waals surface area contributed by atoms with Crippen LogP contribution in [0.25, 0.3) is 0 Å². The number of likely N-dealkylation sites (N-methyl/N-ethyl adjacent to an activating group) is 1. The number of pyridine rings is 1. The highest BCUT2D eigenvalue weighted by Crippen LogP contribution is 2.02. The van der Waals surface area contributed by atoms with Gasteiger partial charge in [-0.3, -0.25) is 9.88 Å². The van der Waals surface area contributed by atoms with Gasteiger partial charge < -0.3 is 5.73 Å². The lowest BCUT2D eigenvalue weighted by Crippen LogP contribution is -2.22. The van der Waals surface area contributed by atoms with E-state index >= 15 is 0 Å². The molecule has 0 aliphatic carbocycles. The molecule has 3 nitrogen and oxygen atoms in total. The molecular formula is C12H19N3. The molecule has 82 valence electrons. The molecular weight excluding hydrogens is 186 g/mol. The molecule has 3 heteroatoms. The van der Waals surface area contributed by atoms with E-state index in [1.807, 2.05) is 18.5 Å². The minimum absolute atomic E-state index is 0.618. The van der Waals surface area contributed by atoms with E-state index in [-0.39, 0.29) is 0 Å². The van der Waals surface area contributed by atoms with Gasteiger partial charge in [-0.1, -0.05) is 19.1 Å². The molecule has 0 atom stereocenters. The van der Waals surface area contributed by atoms with E-state index in [0.717, 1.165) is 19.6 Å². The van der Waals surface area contributed by atoms with E-state index in [1.165, 1.54) is 5.56 Å². The Hall–Kier alpha value is -1.19. The Morgan fingerprint density at radius 2 is 2.07 bits per heavy atom. The predicted molar refractivity (Wildman–Crippen MR) is 63.4 cm³/mol. The fraction of sp³-hybridized carbons (Fsp3) is 0.417.